The summed E-state index contributed by atoms with van der Waals surface area (Å²) in [6, 6.07) is 47.4. The van der Waals surface area contributed by atoms with Crippen molar-refractivity contribution in [1.82, 2.24) is 0 Å². The molecular weight excluding hydrogens is 521 g/mol. The van der Waals surface area contributed by atoms with Crippen molar-refractivity contribution in [3.05, 3.63) is 144 Å². The van der Waals surface area contributed by atoms with Crippen LogP contribution < -0.4 is 0 Å². The summed E-state index contributed by atoms with van der Waals surface area (Å²) in [4.78, 5) is 0. The van der Waals surface area contributed by atoms with Gasteiger partial charge in [-0.25, -0.2) is 0 Å². The summed E-state index contributed by atoms with van der Waals surface area (Å²) in [6.07, 6.45) is 0.924. The Morgan fingerprint density at radius 1 is 0.400 bits per heavy atom. The minimum absolute atomic E-state index is 0.924. The molecule has 2 aromatic heterocycles. The van der Waals surface area contributed by atoms with Crippen LogP contribution in [-0.2, 0) is 6.42 Å². The third kappa shape index (κ3) is 4.12. The van der Waals surface area contributed by atoms with Crippen molar-refractivity contribution < 1.29 is 0 Å². The van der Waals surface area contributed by atoms with Gasteiger partial charge in [0.05, 0.1) is 0 Å². The van der Waals surface area contributed by atoms with E-state index in [0.29, 0.717) is 0 Å². The van der Waals surface area contributed by atoms with Gasteiger partial charge in [-0.15, -0.1) is 22.7 Å². The van der Waals surface area contributed by atoms with Crippen LogP contribution in [0.25, 0.3) is 62.6 Å². The smallest absolute Gasteiger partial charge is 0.0361 e. The standard InChI is InChI=1S/C38H26S2/c1-24-9-12-27(13-10-24)29-14-17-33-34-21-26(11-18-36(34)40-38(33)22-29)19-25-5-4-6-28(20-25)30-15-16-32-31-7-2-3-8-35(31)39-37(32)23-30/h2-18,20-23H,19H2,1H3. The number of hydrogen-bond acceptors (Lipinski definition) is 2. The molecule has 0 bridgehead atoms. The zero-order valence-corrected chi connectivity index (χ0v) is 23.8. The van der Waals surface area contributed by atoms with Gasteiger partial charge in [-0.1, -0.05) is 103 Å². The molecule has 0 N–H and O–H groups in total. The summed E-state index contributed by atoms with van der Waals surface area (Å²) >= 11 is 3.77. The van der Waals surface area contributed by atoms with Crippen LogP contribution in [0.3, 0.4) is 0 Å². The van der Waals surface area contributed by atoms with E-state index in [1.54, 1.807) is 0 Å². The predicted octanol–water partition coefficient (Wildman–Crippen LogP) is 11.7. The Morgan fingerprint density at radius 3 is 1.80 bits per heavy atom. The quantitative estimate of drug-likeness (QED) is 0.206. The van der Waals surface area contributed by atoms with E-state index in [1.807, 2.05) is 22.7 Å². The second-order valence-corrected chi connectivity index (χ2v) is 12.9. The highest BCUT2D eigenvalue weighted by molar-refractivity contribution is 7.26. The number of rotatable bonds is 4. The van der Waals surface area contributed by atoms with Crippen LogP contribution in [0.15, 0.2) is 127 Å². The van der Waals surface area contributed by atoms with Crippen LogP contribution in [-0.4, -0.2) is 0 Å². The molecule has 6 aromatic carbocycles. The number of hydrogen-bond donors (Lipinski definition) is 0. The maximum Gasteiger partial charge on any atom is 0.0361 e. The van der Waals surface area contributed by atoms with Crippen molar-refractivity contribution in [2.45, 2.75) is 13.3 Å². The molecule has 2 heterocycles. The van der Waals surface area contributed by atoms with Crippen molar-refractivity contribution in [3.8, 4) is 22.3 Å². The number of aryl methyl sites for hydroxylation is 1. The fourth-order valence-electron chi connectivity index (χ4n) is 5.86. The molecule has 0 aliphatic heterocycles. The first-order valence-electron chi connectivity index (χ1n) is 13.7. The molecule has 0 aliphatic rings. The van der Waals surface area contributed by atoms with Gasteiger partial charge in [-0.05, 0) is 77.1 Å². The van der Waals surface area contributed by atoms with E-state index in [9.17, 15) is 0 Å². The normalized spacial score (nSPS) is 11.7. The maximum atomic E-state index is 2.40. The van der Waals surface area contributed by atoms with E-state index >= 15 is 0 Å². The highest BCUT2D eigenvalue weighted by Gasteiger charge is 2.10. The monoisotopic (exact) mass is 546 g/mol. The first kappa shape index (κ1) is 23.6. The maximum absolute atomic E-state index is 2.40. The summed E-state index contributed by atoms with van der Waals surface area (Å²) in [5.41, 5.74) is 9.11. The molecule has 0 saturated heterocycles. The van der Waals surface area contributed by atoms with Gasteiger partial charge in [0.1, 0.15) is 0 Å². The zero-order valence-electron chi connectivity index (χ0n) is 22.1. The van der Waals surface area contributed by atoms with E-state index in [0.717, 1.165) is 6.42 Å². The van der Waals surface area contributed by atoms with E-state index in [2.05, 4.69) is 134 Å². The van der Waals surface area contributed by atoms with E-state index in [4.69, 9.17) is 0 Å². The van der Waals surface area contributed by atoms with Crippen molar-refractivity contribution in [2.24, 2.45) is 0 Å². The molecule has 0 aliphatic carbocycles. The third-order valence-corrected chi connectivity index (χ3v) is 10.2. The van der Waals surface area contributed by atoms with Crippen LogP contribution in [0.1, 0.15) is 16.7 Å². The van der Waals surface area contributed by atoms with Gasteiger partial charge in [0.15, 0.2) is 0 Å². The molecule has 8 aromatic rings. The molecule has 0 spiro atoms. The molecule has 0 nitrogen and oxygen atoms in total. The largest absolute Gasteiger partial charge is 0.135 e. The number of thiophene rings is 2. The third-order valence-electron chi connectivity index (χ3n) is 7.97. The van der Waals surface area contributed by atoms with E-state index < -0.39 is 0 Å². The molecule has 0 fully saturated rings. The van der Waals surface area contributed by atoms with Crippen molar-refractivity contribution in [2.75, 3.05) is 0 Å². The SMILES string of the molecule is Cc1ccc(-c2ccc3c(c2)sc2ccc(Cc4cccc(-c5ccc6c(c5)sc5ccccc56)c4)cc23)cc1. The average molecular weight is 547 g/mol. The summed E-state index contributed by atoms with van der Waals surface area (Å²) in [5.74, 6) is 0. The molecule has 0 saturated carbocycles. The lowest BCUT2D eigenvalue weighted by Gasteiger charge is -2.07. The average Bonchev–Trinajstić information content (AvgIpc) is 3.55. The minimum Gasteiger partial charge on any atom is -0.135 e. The van der Waals surface area contributed by atoms with Crippen molar-refractivity contribution >= 4 is 63.0 Å². The van der Waals surface area contributed by atoms with Crippen molar-refractivity contribution in [3.63, 3.8) is 0 Å². The molecular formula is C38H26S2. The molecule has 2 heteroatoms. The molecule has 0 unspecified atom stereocenters. The van der Waals surface area contributed by atoms with Gasteiger partial charge in [0, 0.05) is 40.3 Å². The van der Waals surface area contributed by atoms with Crippen molar-refractivity contribution in [1.29, 1.82) is 0 Å². The van der Waals surface area contributed by atoms with Crippen LogP contribution in [0.5, 0.6) is 0 Å². The Labute approximate surface area is 241 Å². The fourth-order valence-corrected chi connectivity index (χ4v) is 8.13. The number of benzene rings is 6. The lowest BCUT2D eigenvalue weighted by Crippen LogP contribution is -1.89. The molecule has 190 valence electrons. The number of fused-ring (bicyclic) bond motifs is 6. The van der Waals surface area contributed by atoms with Gasteiger partial charge >= 0.3 is 0 Å². The second kappa shape index (κ2) is 9.45. The Morgan fingerprint density at radius 2 is 1.00 bits per heavy atom. The Kier molecular flexibility index (Phi) is 5.58. The Hall–Kier alpha value is -4.24. The molecule has 0 atom stereocenters. The lowest BCUT2D eigenvalue weighted by atomic mass is 9.97. The summed E-state index contributed by atoms with van der Waals surface area (Å²) < 4.78 is 5.41. The van der Waals surface area contributed by atoms with Gasteiger partial charge in [0.25, 0.3) is 0 Å². The van der Waals surface area contributed by atoms with E-state index in [1.165, 1.54) is 79.3 Å². The van der Waals surface area contributed by atoms with Gasteiger partial charge in [-0.3, -0.25) is 0 Å². The van der Waals surface area contributed by atoms with Crippen LogP contribution in [0, 0.1) is 6.92 Å². The first-order valence-corrected chi connectivity index (χ1v) is 15.3. The molecule has 0 amide bonds. The fraction of sp³-hybridized carbons (Fsp3) is 0.0526. The second-order valence-electron chi connectivity index (χ2n) is 10.7. The summed E-state index contributed by atoms with van der Waals surface area (Å²) in [7, 11) is 0. The predicted molar refractivity (Wildman–Crippen MR) is 177 cm³/mol. The van der Waals surface area contributed by atoms with Gasteiger partial charge in [0.2, 0.25) is 0 Å². The Bertz CT molecular complexity index is 2190. The van der Waals surface area contributed by atoms with Crippen LogP contribution in [0.2, 0.25) is 0 Å². The minimum atomic E-state index is 0.924. The van der Waals surface area contributed by atoms with Gasteiger partial charge in [-0.2, -0.15) is 0 Å². The molecule has 0 radical (unpaired) electrons. The Balaban J connectivity index is 1.11. The zero-order chi connectivity index (χ0) is 26.6. The van der Waals surface area contributed by atoms with Crippen LogP contribution >= 0.6 is 22.7 Å². The van der Waals surface area contributed by atoms with Gasteiger partial charge < -0.3 is 0 Å². The highest BCUT2D eigenvalue weighted by atomic mass is 32.1. The summed E-state index contributed by atoms with van der Waals surface area (Å²) in [5, 5.41) is 5.41. The summed E-state index contributed by atoms with van der Waals surface area (Å²) in [6.45, 7) is 2.14. The highest BCUT2D eigenvalue weighted by Crippen LogP contribution is 2.38. The van der Waals surface area contributed by atoms with E-state index in [-0.39, 0.29) is 0 Å². The first-order chi connectivity index (χ1) is 19.7. The molecule has 40 heavy (non-hydrogen) atoms. The molecule has 8 rings (SSSR count). The topological polar surface area (TPSA) is 0 Å². The van der Waals surface area contributed by atoms with Crippen LogP contribution in [0.4, 0.5) is 0 Å². The lowest BCUT2D eigenvalue weighted by molar-refractivity contribution is 1.20.